The highest BCUT2D eigenvalue weighted by atomic mass is 19.1. The molecule has 0 atom stereocenters. The summed E-state index contributed by atoms with van der Waals surface area (Å²) in [7, 11) is 0. The van der Waals surface area contributed by atoms with E-state index in [1.165, 1.54) is 12.3 Å². The molecule has 1 heterocycles. The summed E-state index contributed by atoms with van der Waals surface area (Å²) in [6.45, 7) is 3.62. The maximum Gasteiger partial charge on any atom is 0.129 e. The van der Waals surface area contributed by atoms with Gasteiger partial charge in [-0.3, -0.25) is 4.98 Å². The van der Waals surface area contributed by atoms with Crippen LogP contribution in [0.15, 0.2) is 30.5 Å². The third-order valence-electron chi connectivity index (χ3n) is 2.98. The van der Waals surface area contributed by atoms with Crippen LogP contribution in [0.3, 0.4) is 0 Å². The number of nitrogens with zero attached hydrogens (tertiary/aromatic N) is 1. The van der Waals surface area contributed by atoms with Crippen LogP contribution in [-0.4, -0.2) is 11.3 Å². The normalized spacial score (nSPS) is 10.4. The van der Waals surface area contributed by atoms with E-state index >= 15 is 0 Å². The van der Waals surface area contributed by atoms with E-state index in [1.54, 1.807) is 6.92 Å². The molecule has 0 saturated heterocycles. The fraction of sp³-hybridized carbons (Fsp3) is 0.200. The van der Waals surface area contributed by atoms with E-state index in [2.05, 4.69) is 4.98 Å². The van der Waals surface area contributed by atoms with Gasteiger partial charge in [-0.05, 0) is 31.0 Å². The number of aromatic nitrogens is 1. The number of pyridine rings is 1. The lowest BCUT2D eigenvalue weighted by Crippen LogP contribution is -1.93. The molecule has 0 aliphatic carbocycles. The first-order valence-electron chi connectivity index (χ1n) is 5.77. The Labute approximate surface area is 105 Å². The smallest absolute Gasteiger partial charge is 0.129 e. The van der Waals surface area contributed by atoms with Gasteiger partial charge in [-0.2, -0.15) is 0 Å². The van der Waals surface area contributed by atoms with Gasteiger partial charge in [0.05, 0.1) is 5.69 Å². The van der Waals surface area contributed by atoms with Gasteiger partial charge in [0, 0.05) is 29.8 Å². The number of rotatable bonds is 3. The molecule has 92 valence electrons. The van der Waals surface area contributed by atoms with Crippen molar-refractivity contribution >= 4 is 6.29 Å². The zero-order valence-corrected chi connectivity index (χ0v) is 10.4. The molecule has 0 radical (unpaired) electrons. The Hall–Kier alpha value is -2.03. The predicted molar refractivity (Wildman–Crippen MR) is 68.9 cm³/mol. The van der Waals surface area contributed by atoms with Crippen LogP contribution in [0.4, 0.5) is 4.39 Å². The molecule has 0 fully saturated rings. The lowest BCUT2D eigenvalue weighted by molar-refractivity contribution is -0.107. The Morgan fingerprint density at radius 1 is 1.22 bits per heavy atom. The average molecular weight is 243 g/mol. The first-order chi connectivity index (χ1) is 8.61. The predicted octanol–water partition coefficient (Wildman–Crippen LogP) is 3.25. The first kappa shape index (κ1) is 12.4. The zero-order valence-electron chi connectivity index (χ0n) is 10.4. The number of carbonyl (C=O) groups excluding carboxylic acids is 1. The molecule has 1 aromatic heterocycles. The minimum absolute atomic E-state index is 0.255. The van der Waals surface area contributed by atoms with Crippen LogP contribution in [-0.2, 0) is 11.2 Å². The van der Waals surface area contributed by atoms with Crippen molar-refractivity contribution in [3.8, 4) is 11.3 Å². The topological polar surface area (TPSA) is 30.0 Å². The Morgan fingerprint density at radius 3 is 2.61 bits per heavy atom. The number of hydrogen-bond acceptors (Lipinski definition) is 2. The van der Waals surface area contributed by atoms with Gasteiger partial charge in [-0.25, -0.2) is 4.39 Å². The zero-order chi connectivity index (χ0) is 13.1. The number of halogens is 1. The van der Waals surface area contributed by atoms with E-state index < -0.39 is 0 Å². The summed E-state index contributed by atoms with van der Waals surface area (Å²) in [4.78, 5) is 14.7. The van der Waals surface area contributed by atoms with Gasteiger partial charge in [0.2, 0.25) is 0 Å². The van der Waals surface area contributed by atoms with Crippen LogP contribution in [0, 0.1) is 19.7 Å². The first-order valence-corrected chi connectivity index (χ1v) is 5.77. The summed E-state index contributed by atoms with van der Waals surface area (Å²) in [5, 5.41) is 0. The van der Waals surface area contributed by atoms with E-state index in [9.17, 15) is 9.18 Å². The summed E-state index contributed by atoms with van der Waals surface area (Å²) >= 11 is 0. The maximum atomic E-state index is 13.5. The molecule has 3 heteroatoms. The van der Waals surface area contributed by atoms with Gasteiger partial charge in [0.25, 0.3) is 0 Å². The summed E-state index contributed by atoms with van der Waals surface area (Å²) in [6.07, 6.45) is 2.81. The number of benzene rings is 1. The number of carbonyl (C=O) groups is 1. The highest BCUT2D eigenvalue weighted by molar-refractivity contribution is 5.63. The Kier molecular flexibility index (Phi) is 3.51. The monoisotopic (exact) mass is 243 g/mol. The van der Waals surface area contributed by atoms with Crippen LogP contribution in [0.1, 0.15) is 16.7 Å². The van der Waals surface area contributed by atoms with Crippen molar-refractivity contribution in [1.82, 2.24) is 4.98 Å². The van der Waals surface area contributed by atoms with Gasteiger partial charge in [-0.1, -0.05) is 12.1 Å². The molecule has 2 aromatic rings. The van der Waals surface area contributed by atoms with E-state index in [-0.39, 0.29) is 5.82 Å². The van der Waals surface area contributed by atoms with E-state index in [0.717, 1.165) is 23.0 Å². The Balaban J connectivity index is 2.42. The molecule has 2 nitrogen and oxygen atoms in total. The number of aldehydes is 1. The molecule has 0 saturated carbocycles. The number of aryl methyl sites for hydroxylation is 2. The van der Waals surface area contributed by atoms with Crippen LogP contribution < -0.4 is 0 Å². The van der Waals surface area contributed by atoms with Crippen molar-refractivity contribution in [3.63, 3.8) is 0 Å². The lowest BCUT2D eigenvalue weighted by atomic mass is 10.0. The van der Waals surface area contributed by atoms with Gasteiger partial charge in [0.15, 0.2) is 0 Å². The van der Waals surface area contributed by atoms with E-state index in [1.807, 2.05) is 25.1 Å². The van der Waals surface area contributed by atoms with Crippen molar-refractivity contribution < 1.29 is 9.18 Å². The third-order valence-corrected chi connectivity index (χ3v) is 2.98. The molecule has 0 bridgehead atoms. The molecular weight excluding hydrogens is 229 g/mol. The minimum Gasteiger partial charge on any atom is -0.303 e. The van der Waals surface area contributed by atoms with E-state index in [0.29, 0.717) is 17.7 Å². The fourth-order valence-electron chi connectivity index (χ4n) is 1.83. The van der Waals surface area contributed by atoms with Crippen molar-refractivity contribution in [3.05, 3.63) is 53.0 Å². The van der Waals surface area contributed by atoms with Gasteiger partial charge in [0.1, 0.15) is 12.1 Å². The standard InChI is InChI=1S/C15H14FNO/c1-10-7-13(4-3-12(10)5-6-18)15-8-14(16)11(2)9-17-15/h3-4,6-9H,5H2,1-2H3. The lowest BCUT2D eigenvalue weighted by Gasteiger charge is -2.07. The largest absolute Gasteiger partial charge is 0.303 e. The molecule has 2 rings (SSSR count). The molecule has 1 aromatic carbocycles. The molecule has 0 amide bonds. The molecule has 0 N–H and O–H groups in total. The van der Waals surface area contributed by atoms with Crippen molar-refractivity contribution in [2.45, 2.75) is 20.3 Å². The Morgan fingerprint density at radius 2 is 2.00 bits per heavy atom. The van der Waals surface area contributed by atoms with Crippen molar-refractivity contribution in [2.75, 3.05) is 0 Å². The quantitative estimate of drug-likeness (QED) is 0.774. The summed E-state index contributed by atoms with van der Waals surface area (Å²) in [5.74, 6) is -0.255. The molecule has 0 aliphatic heterocycles. The van der Waals surface area contributed by atoms with E-state index in [4.69, 9.17) is 0 Å². The molecule has 0 spiro atoms. The second-order valence-corrected chi connectivity index (χ2v) is 4.33. The fourth-order valence-corrected chi connectivity index (χ4v) is 1.83. The highest BCUT2D eigenvalue weighted by Gasteiger charge is 2.05. The van der Waals surface area contributed by atoms with Crippen LogP contribution >= 0.6 is 0 Å². The summed E-state index contributed by atoms with van der Waals surface area (Å²) < 4.78 is 13.5. The Bertz CT molecular complexity index is 593. The van der Waals surface area contributed by atoms with Gasteiger partial charge in [-0.15, -0.1) is 0 Å². The number of hydrogen-bond donors (Lipinski definition) is 0. The van der Waals surface area contributed by atoms with Crippen molar-refractivity contribution in [1.29, 1.82) is 0 Å². The van der Waals surface area contributed by atoms with Crippen LogP contribution in [0.5, 0.6) is 0 Å². The average Bonchev–Trinajstić information content (AvgIpc) is 2.35. The minimum atomic E-state index is -0.255. The molecular formula is C15H14FNO. The SMILES string of the molecule is Cc1cnc(-c2ccc(CC=O)c(C)c2)cc1F. The van der Waals surface area contributed by atoms with Crippen LogP contribution in [0.2, 0.25) is 0 Å². The van der Waals surface area contributed by atoms with Gasteiger partial charge < -0.3 is 4.79 Å². The second-order valence-electron chi connectivity index (χ2n) is 4.33. The van der Waals surface area contributed by atoms with Gasteiger partial charge >= 0.3 is 0 Å². The molecule has 18 heavy (non-hydrogen) atoms. The molecule has 0 unspecified atom stereocenters. The summed E-state index contributed by atoms with van der Waals surface area (Å²) in [6, 6.07) is 7.11. The molecule has 0 aliphatic rings. The third kappa shape index (κ3) is 2.45. The van der Waals surface area contributed by atoms with Crippen molar-refractivity contribution in [2.24, 2.45) is 0 Å². The highest BCUT2D eigenvalue weighted by Crippen LogP contribution is 2.22. The summed E-state index contributed by atoms with van der Waals surface area (Å²) in [5.41, 5.74) is 4.01. The van der Waals surface area contributed by atoms with Crippen LogP contribution in [0.25, 0.3) is 11.3 Å². The maximum absolute atomic E-state index is 13.5. The second kappa shape index (κ2) is 5.08.